The number of esters is 1. The monoisotopic (exact) mass is 294 g/mol. The number of ether oxygens (including phenoxy) is 1. The normalized spacial score (nSPS) is 11.9. The van der Waals surface area contributed by atoms with Crippen LogP contribution < -0.4 is 0 Å². The van der Waals surface area contributed by atoms with Crippen molar-refractivity contribution in [1.29, 1.82) is 0 Å². The fourth-order valence-corrected chi connectivity index (χ4v) is 2.53. The van der Waals surface area contributed by atoms with Gasteiger partial charge in [0.1, 0.15) is 5.25 Å². The number of rotatable bonds is 8. The molecule has 20 heavy (non-hydrogen) atoms. The molecule has 1 aromatic carbocycles. The molecule has 4 heteroatoms. The molecular formula is C16H22O3S. The SMILES string of the molecule is CCCOC(=O)C(C)Sc1ccc(C(=O)CCC)cc1. The Morgan fingerprint density at radius 1 is 1.15 bits per heavy atom. The molecule has 110 valence electrons. The van der Waals surface area contributed by atoms with Crippen LogP contribution in [0.5, 0.6) is 0 Å². The summed E-state index contributed by atoms with van der Waals surface area (Å²) in [4.78, 5) is 24.4. The van der Waals surface area contributed by atoms with Crippen LogP contribution in [-0.2, 0) is 9.53 Å². The first-order chi connectivity index (χ1) is 9.58. The van der Waals surface area contributed by atoms with E-state index in [0.717, 1.165) is 23.3 Å². The van der Waals surface area contributed by atoms with E-state index < -0.39 is 0 Å². The highest BCUT2D eigenvalue weighted by Crippen LogP contribution is 2.24. The zero-order valence-electron chi connectivity index (χ0n) is 12.3. The first kappa shape index (κ1) is 16.8. The van der Waals surface area contributed by atoms with Gasteiger partial charge in [-0.15, -0.1) is 11.8 Å². The summed E-state index contributed by atoms with van der Waals surface area (Å²) in [5.41, 5.74) is 0.734. The molecule has 0 aromatic heterocycles. The zero-order valence-corrected chi connectivity index (χ0v) is 13.2. The maximum atomic E-state index is 11.7. The van der Waals surface area contributed by atoms with Crippen LogP contribution in [0.25, 0.3) is 0 Å². The molecule has 0 amide bonds. The van der Waals surface area contributed by atoms with Crippen LogP contribution in [0.2, 0.25) is 0 Å². The highest BCUT2D eigenvalue weighted by Gasteiger charge is 2.15. The zero-order chi connectivity index (χ0) is 15.0. The van der Waals surface area contributed by atoms with E-state index in [0.29, 0.717) is 13.0 Å². The van der Waals surface area contributed by atoms with Gasteiger partial charge in [-0.3, -0.25) is 9.59 Å². The Kier molecular flexibility index (Phi) is 7.37. The van der Waals surface area contributed by atoms with Gasteiger partial charge in [0.25, 0.3) is 0 Å². The van der Waals surface area contributed by atoms with E-state index in [1.165, 1.54) is 11.8 Å². The Balaban J connectivity index is 2.56. The number of ketones is 1. The molecule has 0 radical (unpaired) electrons. The van der Waals surface area contributed by atoms with Crippen LogP contribution in [0.3, 0.4) is 0 Å². The van der Waals surface area contributed by atoms with Gasteiger partial charge in [-0.2, -0.15) is 0 Å². The first-order valence-corrected chi connectivity index (χ1v) is 7.93. The second-order valence-electron chi connectivity index (χ2n) is 4.63. The van der Waals surface area contributed by atoms with E-state index in [4.69, 9.17) is 4.74 Å². The number of Topliss-reactive ketones (excluding diaryl/α,β-unsaturated/α-hetero) is 1. The maximum Gasteiger partial charge on any atom is 0.319 e. The molecule has 0 saturated heterocycles. The second kappa shape index (κ2) is 8.80. The van der Waals surface area contributed by atoms with Crippen LogP contribution in [0.1, 0.15) is 50.4 Å². The Morgan fingerprint density at radius 2 is 1.80 bits per heavy atom. The Bertz CT molecular complexity index is 440. The molecule has 0 N–H and O–H groups in total. The molecule has 1 rings (SSSR count). The van der Waals surface area contributed by atoms with Gasteiger partial charge in [-0.25, -0.2) is 0 Å². The van der Waals surface area contributed by atoms with Gasteiger partial charge >= 0.3 is 5.97 Å². The van der Waals surface area contributed by atoms with Crippen LogP contribution in [0.4, 0.5) is 0 Å². The number of carbonyl (C=O) groups excluding carboxylic acids is 2. The number of hydrogen-bond acceptors (Lipinski definition) is 4. The van der Waals surface area contributed by atoms with E-state index in [1.807, 2.05) is 45.0 Å². The largest absolute Gasteiger partial charge is 0.465 e. The van der Waals surface area contributed by atoms with Gasteiger partial charge in [0.2, 0.25) is 0 Å². The quantitative estimate of drug-likeness (QED) is 0.411. The lowest BCUT2D eigenvalue weighted by atomic mass is 10.1. The average molecular weight is 294 g/mol. The van der Waals surface area contributed by atoms with E-state index in [9.17, 15) is 9.59 Å². The Hall–Kier alpha value is -1.29. The number of thioether (sulfide) groups is 1. The third-order valence-electron chi connectivity index (χ3n) is 2.75. The summed E-state index contributed by atoms with van der Waals surface area (Å²) in [6.45, 7) is 6.26. The lowest BCUT2D eigenvalue weighted by Gasteiger charge is -2.11. The fraction of sp³-hybridized carbons (Fsp3) is 0.500. The van der Waals surface area contributed by atoms with Crippen molar-refractivity contribution in [1.82, 2.24) is 0 Å². The van der Waals surface area contributed by atoms with Crippen LogP contribution in [0, 0.1) is 0 Å². The minimum Gasteiger partial charge on any atom is -0.465 e. The molecular weight excluding hydrogens is 272 g/mol. The van der Waals surface area contributed by atoms with Gasteiger partial charge < -0.3 is 4.74 Å². The van der Waals surface area contributed by atoms with Gasteiger partial charge in [0, 0.05) is 16.9 Å². The van der Waals surface area contributed by atoms with Crippen LogP contribution in [0.15, 0.2) is 29.2 Å². The van der Waals surface area contributed by atoms with Gasteiger partial charge in [0.15, 0.2) is 5.78 Å². The summed E-state index contributed by atoms with van der Waals surface area (Å²) in [5.74, 6) is -0.0255. The predicted octanol–water partition coefficient (Wildman–Crippen LogP) is 4.10. The minimum atomic E-state index is -0.237. The topological polar surface area (TPSA) is 43.4 Å². The summed E-state index contributed by atoms with van der Waals surface area (Å²) < 4.78 is 5.11. The summed E-state index contributed by atoms with van der Waals surface area (Å²) >= 11 is 1.45. The summed E-state index contributed by atoms with van der Waals surface area (Å²) in [5, 5.41) is -0.237. The number of hydrogen-bond donors (Lipinski definition) is 0. The smallest absolute Gasteiger partial charge is 0.319 e. The molecule has 0 fully saturated rings. The summed E-state index contributed by atoms with van der Waals surface area (Å²) in [7, 11) is 0. The van der Waals surface area contributed by atoms with Crippen LogP contribution in [-0.4, -0.2) is 23.6 Å². The summed E-state index contributed by atoms with van der Waals surface area (Å²) in [6, 6.07) is 7.42. The van der Waals surface area contributed by atoms with E-state index in [-0.39, 0.29) is 17.0 Å². The molecule has 1 atom stereocenters. The van der Waals surface area contributed by atoms with Crippen molar-refractivity contribution in [3.05, 3.63) is 29.8 Å². The molecule has 1 aromatic rings. The summed E-state index contributed by atoms with van der Waals surface area (Å²) in [6.07, 6.45) is 2.26. The third-order valence-corrected chi connectivity index (χ3v) is 3.84. The maximum absolute atomic E-state index is 11.7. The molecule has 0 saturated carbocycles. The highest BCUT2D eigenvalue weighted by molar-refractivity contribution is 8.00. The minimum absolute atomic E-state index is 0.166. The predicted molar refractivity (Wildman–Crippen MR) is 82.2 cm³/mol. The average Bonchev–Trinajstić information content (AvgIpc) is 2.45. The number of benzene rings is 1. The molecule has 0 spiro atoms. The van der Waals surface area contributed by atoms with Crippen molar-refractivity contribution in [2.45, 2.75) is 50.2 Å². The molecule has 0 bridgehead atoms. The molecule has 3 nitrogen and oxygen atoms in total. The van der Waals surface area contributed by atoms with Crippen molar-refractivity contribution < 1.29 is 14.3 Å². The standard InChI is InChI=1S/C16H22O3S/c1-4-6-15(17)13-7-9-14(10-8-13)20-12(3)16(18)19-11-5-2/h7-10,12H,4-6,11H2,1-3H3. The molecule has 0 heterocycles. The molecule has 0 aliphatic rings. The van der Waals surface area contributed by atoms with Crippen molar-refractivity contribution in [3.63, 3.8) is 0 Å². The number of carbonyl (C=O) groups is 2. The van der Waals surface area contributed by atoms with E-state index >= 15 is 0 Å². The van der Waals surface area contributed by atoms with Crippen LogP contribution >= 0.6 is 11.8 Å². The molecule has 1 unspecified atom stereocenters. The lowest BCUT2D eigenvalue weighted by molar-refractivity contribution is -0.142. The lowest BCUT2D eigenvalue weighted by Crippen LogP contribution is -2.17. The van der Waals surface area contributed by atoms with E-state index in [1.54, 1.807) is 0 Å². The fourth-order valence-electron chi connectivity index (χ4n) is 1.66. The Morgan fingerprint density at radius 3 is 2.35 bits per heavy atom. The van der Waals surface area contributed by atoms with Gasteiger partial charge in [-0.1, -0.05) is 26.0 Å². The van der Waals surface area contributed by atoms with Crippen molar-refractivity contribution in [2.75, 3.05) is 6.61 Å². The van der Waals surface area contributed by atoms with Crippen molar-refractivity contribution in [3.8, 4) is 0 Å². The highest BCUT2D eigenvalue weighted by atomic mass is 32.2. The van der Waals surface area contributed by atoms with Gasteiger partial charge in [0.05, 0.1) is 6.61 Å². The molecule has 0 aliphatic heterocycles. The van der Waals surface area contributed by atoms with Crippen molar-refractivity contribution >= 4 is 23.5 Å². The Labute approximate surface area is 125 Å². The van der Waals surface area contributed by atoms with Crippen molar-refractivity contribution in [2.24, 2.45) is 0 Å². The third kappa shape index (κ3) is 5.37. The first-order valence-electron chi connectivity index (χ1n) is 7.05. The van der Waals surface area contributed by atoms with Gasteiger partial charge in [-0.05, 0) is 31.9 Å². The second-order valence-corrected chi connectivity index (χ2v) is 6.04. The molecule has 0 aliphatic carbocycles. The van der Waals surface area contributed by atoms with E-state index in [2.05, 4.69) is 0 Å².